The zero-order chi connectivity index (χ0) is 15.7. The maximum atomic E-state index is 12.7. The van der Waals surface area contributed by atoms with Gasteiger partial charge in [-0.3, -0.25) is 9.69 Å². The van der Waals surface area contributed by atoms with Gasteiger partial charge in [0.25, 0.3) is 5.91 Å². The van der Waals surface area contributed by atoms with Crippen LogP contribution in [0.1, 0.15) is 40.5 Å². The van der Waals surface area contributed by atoms with E-state index in [0.717, 1.165) is 12.5 Å². The molecular formula is C13H19F3N2O2. The summed E-state index contributed by atoms with van der Waals surface area (Å²) in [7, 11) is 0. The molecule has 2 atom stereocenters. The largest absolute Gasteiger partial charge is 0.409 e. The highest BCUT2D eigenvalue weighted by molar-refractivity contribution is 6.07. The number of nitrogens with zero attached hydrogens (tertiary/aromatic N) is 1. The van der Waals surface area contributed by atoms with Crippen molar-refractivity contribution in [3.05, 3.63) is 11.6 Å². The van der Waals surface area contributed by atoms with Crippen LogP contribution in [-0.4, -0.2) is 34.6 Å². The van der Waals surface area contributed by atoms with Gasteiger partial charge in [-0.2, -0.15) is 13.2 Å². The van der Waals surface area contributed by atoms with E-state index in [1.54, 1.807) is 0 Å². The fraction of sp³-hybridized carbons (Fsp3) is 0.692. The monoisotopic (exact) mass is 292 g/mol. The van der Waals surface area contributed by atoms with Crippen molar-refractivity contribution in [2.24, 2.45) is 0 Å². The summed E-state index contributed by atoms with van der Waals surface area (Å²) in [5.74, 6) is -0.825. The maximum absolute atomic E-state index is 12.7. The Morgan fingerprint density at radius 2 is 1.95 bits per heavy atom. The number of urea groups is 1. The van der Waals surface area contributed by atoms with Crippen LogP contribution in [0, 0.1) is 0 Å². The van der Waals surface area contributed by atoms with Gasteiger partial charge in [-0.15, -0.1) is 0 Å². The lowest BCUT2D eigenvalue weighted by Gasteiger charge is -2.25. The van der Waals surface area contributed by atoms with Crippen molar-refractivity contribution in [3.8, 4) is 0 Å². The average Bonchev–Trinajstić information content (AvgIpc) is 2.47. The Bertz CT molecular complexity index is 441. The first kappa shape index (κ1) is 16.5. The van der Waals surface area contributed by atoms with Gasteiger partial charge in [0.1, 0.15) is 11.6 Å². The average molecular weight is 292 g/mol. The summed E-state index contributed by atoms with van der Waals surface area (Å²) in [6, 6.07) is -3.11. The van der Waals surface area contributed by atoms with Gasteiger partial charge < -0.3 is 5.32 Å². The van der Waals surface area contributed by atoms with Crippen molar-refractivity contribution in [1.82, 2.24) is 10.2 Å². The molecule has 0 aliphatic carbocycles. The van der Waals surface area contributed by atoms with Crippen molar-refractivity contribution >= 4 is 11.9 Å². The quantitative estimate of drug-likeness (QED) is 0.639. The zero-order valence-electron chi connectivity index (χ0n) is 12.0. The first-order chi connectivity index (χ1) is 8.99. The summed E-state index contributed by atoms with van der Waals surface area (Å²) < 4.78 is 38.0. The molecule has 0 saturated carbocycles. The normalized spacial score (nSPS) is 24.6. The molecule has 0 aromatic carbocycles. The number of allylic oxidation sites excluding steroid dienone is 2. The van der Waals surface area contributed by atoms with E-state index < -0.39 is 29.7 Å². The van der Waals surface area contributed by atoms with E-state index in [4.69, 9.17) is 0 Å². The van der Waals surface area contributed by atoms with Crippen LogP contribution in [0.5, 0.6) is 0 Å². The SMILES string of the molecule is CC(C)=CCC[C@]1(C)NC(=O)N([C@@H](C)C(F)(F)F)C1=O. The second-order valence-electron chi connectivity index (χ2n) is 5.48. The lowest BCUT2D eigenvalue weighted by Crippen LogP contribution is -2.49. The van der Waals surface area contributed by atoms with Gasteiger partial charge in [-0.1, -0.05) is 11.6 Å². The standard InChI is InChI=1S/C13H19F3N2O2/c1-8(2)6-5-7-12(4)10(19)18(11(20)17-12)9(3)13(14,15)16/h6,9H,5,7H2,1-4H3,(H,17,20)/t9-,12-/m0/s1. The van der Waals surface area contributed by atoms with E-state index >= 15 is 0 Å². The van der Waals surface area contributed by atoms with Crippen LogP contribution < -0.4 is 5.32 Å². The van der Waals surface area contributed by atoms with E-state index in [-0.39, 0.29) is 11.3 Å². The van der Waals surface area contributed by atoms with Crippen molar-refractivity contribution in [2.45, 2.75) is 58.3 Å². The molecule has 1 heterocycles. The fourth-order valence-electron chi connectivity index (χ4n) is 2.02. The molecule has 1 fully saturated rings. The number of amides is 3. The minimum absolute atomic E-state index is 0.266. The van der Waals surface area contributed by atoms with Crippen molar-refractivity contribution < 1.29 is 22.8 Å². The summed E-state index contributed by atoms with van der Waals surface area (Å²) in [6.45, 7) is 6.03. The van der Waals surface area contributed by atoms with Crippen LogP contribution in [0.15, 0.2) is 11.6 Å². The van der Waals surface area contributed by atoms with Crippen LogP contribution in [0.2, 0.25) is 0 Å². The molecule has 4 nitrogen and oxygen atoms in total. The minimum Gasteiger partial charge on any atom is -0.323 e. The molecule has 20 heavy (non-hydrogen) atoms. The smallest absolute Gasteiger partial charge is 0.323 e. The van der Waals surface area contributed by atoms with Crippen LogP contribution in [0.25, 0.3) is 0 Å². The predicted molar refractivity (Wildman–Crippen MR) is 68.0 cm³/mol. The minimum atomic E-state index is -4.63. The molecule has 1 saturated heterocycles. The number of imide groups is 1. The molecule has 0 spiro atoms. The molecule has 1 rings (SSSR count). The van der Waals surface area contributed by atoms with Crippen molar-refractivity contribution in [1.29, 1.82) is 0 Å². The molecule has 0 aromatic heterocycles. The van der Waals surface area contributed by atoms with E-state index in [1.807, 2.05) is 19.9 Å². The summed E-state index contributed by atoms with van der Waals surface area (Å²) in [6.07, 6.45) is -1.97. The maximum Gasteiger partial charge on any atom is 0.409 e. The predicted octanol–water partition coefficient (Wildman–Crippen LogP) is 2.99. The van der Waals surface area contributed by atoms with Crippen LogP contribution in [0.3, 0.4) is 0 Å². The number of carbonyl (C=O) groups excluding carboxylic acids is 2. The van der Waals surface area contributed by atoms with Gasteiger partial charge in [0.15, 0.2) is 0 Å². The Balaban J connectivity index is 2.88. The van der Waals surface area contributed by atoms with Crippen LogP contribution in [0.4, 0.5) is 18.0 Å². The number of nitrogens with one attached hydrogen (secondary N) is 1. The Morgan fingerprint density at radius 3 is 2.40 bits per heavy atom. The second kappa shape index (κ2) is 5.46. The first-order valence-electron chi connectivity index (χ1n) is 6.35. The molecule has 0 unspecified atom stereocenters. The number of hydrogen-bond donors (Lipinski definition) is 1. The third kappa shape index (κ3) is 3.32. The lowest BCUT2D eigenvalue weighted by molar-refractivity contribution is -0.177. The second-order valence-corrected chi connectivity index (χ2v) is 5.48. The van der Waals surface area contributed by atoms with E-state index in [1.165, 1.54) is 6.92 Å². The van der Waals surface area contributed by atoms with Crippen LogP contribution >= 0.6 is 0 Å². The summed E-state index contributed by atoms with van der Waals surface area (Å²) in [5, 5.41) is 2.37. The van der Waals surface area contributed by atoms with E-state index in [9.17, 15) is 22.8 Å². The van der Waals surface area contributed by atoms with Crippen molar-refractivity contribution in [2.75, 3.05) is 0 Å². The van der Waals surface area contributed by atoms with Crippen molar-refractivity contribution in [3.63, 3.8) is 0 Å². The van der Waals surface area contributed by atoms with Gasteiger partial charge in [0.2, 0.25) is 0 Å². The molecule has 0 aromatic rings. The van der Waals surface area contributed by atoms with E-state index in [2.05, 4.69) is 5.32 Å². The molecule has 1 aliphatic rings. The van der Waals surface area contributed by atoms with Gasteiger partial charge in [-0.05, 0) is 40.5 Å². The molecule has 1 N–H and O–H groups in total. The Hall–Kier alpha value is -1.53. The summed E-state index contributed by atoms with van der Waals surface area (Å²) in [4.78, 5) is 24.1. The fourth-order valence-corrected chi connectivity index (χ4v) is 2.02. The topological polar surface area (TPSA) is 49.4 Å². The lowest BCUT2D eigenvalue weighted by atomic mass is 9.95. The number of carbonyl (C=O) groups is 2. The molecule has 114 valence electrons. The molecule has 7 heteroatoms. The first-order valence-corrected chi connectivity index (χ1v) is 6.35. The van der Waals surface area contributed by atoms with Gasteiger partial charge in [0, 0.05) is 0 Å². The molecule has 3 amide bonds. The molecule has 0 radical (unpaired) electrons. The summed E-state index contributed by atoms with van der Waals surface area (Å²) in [5.41, 5.74) is -0.228. The molecule has 0 bridgehead atoms. The van der Waals surface area contributed by atoms with Crippen LogP contribution in [-0.2, 0) is 4.79 Å². The zero-order valence-corrected chi connectivity index (χ0v) is 12.0. The van der Waals surface area contributed by atoms with E-state index in [0.29, 0.717) is 6.42 Å². The number of halogens is 3. The highest BCUT2D eigenvalue weighted by Gasteiger charge is 2.54. The van der Waals surface area contributed by atoms with Gasteiger partial charge in [-0.25, -0.2) is 4.79 Å². The van der Waals surface area contributed by atoms with Gasteiger partial charge >= 0.3 is 12.2 Å². The molecular weight excluding hydrogens is 273 g/mol. The number of alkyl halides is 3. The third-order valence-corrected chi connectivity index (χ3v) is 3.35. The third-order valence-electron chi connectivity index (χ3n) is 3.35. The highest BCUT2D eigenvalue weighted by atomic mass is 19.4. The Morgan fingerprint density at radius 1 is 1.40 bits per heavy atom. The van der Waals surface area contributed by atoms with Gasteiger partial charge in [0.05, 0.1) is 0 Å². The highest BCUT2D eigenvalue weighted by Crippen LogP contribution is 2.31. The molecule has 1 aliphatic heterocycles. The Kier molecular flexibility index (Phi) is 4.51. The number of rotatable bonds is 4. The summed E-state index contributed by atoms with van der Waals surface area (Å²) >= 11 is 0. The number of hydrogen-bond acceptors (Lipinski definition) is 2. The Labute approximate surface area is 116 Å².